The summed E-state index contributed by atoms with van der Waals surface area (Å²) in [6, 6.07) is 2.55. The second-order valence-corrected chi connectivity index (χ2v) is 8.24. The van der Waals surface area contributed by atoms with E-state index < -0.39 is 30.2 Å². The number of halogens is 2. The standard InChI is InChI=1S/C21H25F2N5O3/c1-12-6-5-7-14(27-20(30)31-21(2,3)4)15-10-13(8-9-24-15)17-16(26-18(12)29)11-25-28(17)19(22)23/h5-6,8-12,14,19H,7H2,1-4H3,(H,26,29)(H,27,30)/b6-5+/t12-,14-/m1/s1. The van der Waals surface area contributed by atoms with Crippen molar-refractivity contribution in [1.82, 2.24) is 20.1 Å². The highest BCUT2D eigenvalue weighted by Crippen LogP contribution is 2.33. The van der Waals surface area contributed by atoms with Gasteiger partial charge < -0.3 is 15.4 Å². The van der Waals surface area contributed by atoms with Gasteiger partial charge in [-0.3, -0.25) is 9.78 Å². The first-order chi connectivity index (χ1) is 14.5. The van der Waals surface area contributed by atoms with E-state index in [1.54, 1.807) is 52.0 Å². The smallest absolute Gasteiger partial charge is 0.408 e. The van der Waals surface area contributed by atoms with Crippen molar-refractivity contribution < 1.29 is 23.1 Å². The molecule has 8 nitrogen and oxygen atoms in total. The van der Waals surface area contributed by atoms with Crippen LogP contribution in [0.1, 0.15) is 52.4 Å². The largest absolute Gasteiger partial charge is 0.444 e. The van der Waals surface area contributed by atoms with E-state index in [0.29, 0.717) is 22.4 Å². The zero-order valence-corrected chi connectivity index (χ0v) is 17.7. The number of carbonyl (C=O) groups excluding carboxylic acids is 2. The Kier molecular flexibility index (Phi) is 6.37. The quantitative estimate of drug-likeness (QED) is 0.683. The number of ether oxygens (including phenoxy) is 1. The van der Waals surface area contributed by atoms with E-state index in [2.05, 4.69) is 20.7 Å². The van der Waals surface area contributed by atoms with Gasteiger partial charge in [-0.1, -0.05) is 19.1 Å². The second-order valence-electron chi connectivity index (χ2n) is 8.24. The zero-order valence-electron chi connectivity index (χ0n) is 17.7. The van der Waals surface area contributed by atoms with Gasteiger partial charge in [0.1, 0.15) is 5.60 Å². The first-order valence-corrected chi connectivity index (χ1v) is 9.84. The number of alkyl carbamates (subject to hydrolysis) is 1. The lowest BCUT2D eigenvalue weighted by Gasteiger charge is -2.23. The number of hydrogen-bond donors (Lipinski definition) is 2. The molecule has 0 aliphatic carbocycles. The van der Waals surface area contributed by atoms with Crippen molar-refractivity contribution in [3.8, 4) is 11.3 Å². The van der Waals surface area contributed by atoms with Crippen LogP contribution in [-0.2, 0) is 9.53 Å². The van der Waals surface area contributed by atoms with Crippen LogP contribution in [0.4, 0.5) is 19.3 Å². The molecule has 1 aliphatic heterocycles. The molecule has 1 aliphatic rings. The molecule has 31 heavy (non-hydrogen) atoms. The maximum absolute atomic E-state index is 13.6. The summed E-state index contributed by atoms with van der Waals surface area (Å²) in [4.78, 5) is 29.2. The Morgan fingerprint density at radius 1 is 1.39 bits per heavy atom. The third-order valence-corrected chi connectivity index (χ3v) is 4.55. The van der Waals surface area contributed by atoms with Crippen LogP contribution in [0.3, 0.4) is 0 Å². The Morgan fingerprint density at radius 3 is 2.81 bits per heavy atom. The third kappa shape index (κ3) is 5.44. The van der Waals surface area contributed by atoms with Crippen molar-refractivity contribution in [3.05, 3.63) is 42.4 Å². The molecule has 0 saturated heterocycles. The number of nitrogens with zero attached hydrogens (tertiary/aromatic N) is 3. The molecule has 0 saturated carbocycles. The summed E-state index contributed by atoms with van der Waals surface area (Å²) < 4.78 is 33.0. The minimum absolute atomic E-state index is 0.0553. The van der Waals surface area contributed by atoms with Gasteiger partial charge in [0.15, 0.2) is 0 Å². The molecule has 3 rings (SSSR count). The predicted molar refractivity (Wildman–Crippen MR) is 110 cm³/mol. The Morgan fingerprint density at radius 2 is 2.13 bits per heavy atom. The zero-order chi connectivity index (χ0) is 22.8. The molecular weight excluding hydrogens is 408 g/mol. The van der Waals surface area contributed by atoms with E-state index in [0.717, 1.165) is 0 Å². The van der Waals surface area contributed by atoms with E-state index in [4.69, 9.17) is 4.74 Å². The van der Waals surface area contributed by atoms with Gasteiger partial charge in [0, 0.05) is 11.8 Å². The summed E-state index contributed by atoms with van der Waals surface area (Å²) in [5.41, 5.74) is 0.373. The van der Waals surface area contributed by atoms with E-state index in [-0.39, 0.29) is 17.3 Å². The number of aromatic nitrogens is 3. The van der Waals surface area contributed by atoms with Gasteiger partial charge in [-0.2, -0.15) is 13.9 Å². The van der Waals surface area contributed by atoms with Crippen LogP contribution in [0.25, 0.3) is 11.3 Å². The molecule has 2 aromatic rings. The Hall–Kier alpha value is -3.30. The molecule has 0 spiro atoms. The van der Waals surface area contributed by atoms with Gasteiger partial charge >= 0.3 is 12.6 Å². The molecule has 2 amide bonds. The van der Waals surface area contributed by atoms with Gasteiger partial charge in [-0.05, 0) is 39.3 Å². The summed E-state index contributed by atoms with van der Waals surface area (Å²) in [6.07, 6.45) is 5.80. The molecule has 0 unspecified atom stereocenters. The number of rotatable bonds is 2. The first kappa shape index (κ1) is 22.4. The Labute approximate surface area is 178 Å². The lowest BCUT2D eigenvalue weighted by molar-refractivity contribution is -0.118. The van der Waals surface area contributed by atoms with E-state index in [1.807, 2.05) is 0 Å². The molecule has 10 heteroatoms. The van der Waals surface area contributed by atoms with Crippen LogP contribution in [0.5, 0.6) is 0 Å². The monoisotopic (exact) mass is 433 g/mol. The molecule has 2 bridgehead atoms. The highest BCUT2D eigenvalue weighted by Gasteiger charge is 2.25. The normalized spacial score (nSPS) is 20.2. The second kappa shape index (κ2) is 8.83. The van der Waals surface area contributed by atoms with E-state index in [9.17, 15) is 18.4 Å². The lowest BCUT2D eigenvalue weighted by Crippen LogP contribution is -2.35. The van der Waals surface area contributed by atoms with Crippen LogP contribution in [-0.4, -0.2) is 32.4 Å². The molecule has 166 valence electrons. The molecule has 2 atom stereocenters. The van der Waals surface area contributed by atoms with Crippen LogP contribution < -0.4 is 10.6 Å². The number of anilines is 1. The average molecular weight is 433 g/mol. The summed E-state index contributed by atoms with van der Waals surface area (Å²) in [6.45, 7) is 4.03. The number of fused-ring (bicyclic) bond motifs is 4. The summed E-state index contributed by atoms with van der Waals surface area (Å²) in [7, 11) is 0. The summed E-state index contributed by atoms with van der Waals surface area (Å²) >= 11 is 0. The maximum Gasteiger partial charge on any atom is 0.408 e. The van der Waals surface area contributed by atoms with E-state index in [1.165, 1.54) is 12.4 Å². The van der Waals surface area contributed by atoms with Gasteiger partial charge in [0.05, 0.1) is 35.2 Å². The van der Waals surface area contributed by atoms with Crippen molar-refractivity contribution in [2.24, 2.45) is 5.92 Å². The van der Waals surface area contributed by atoms with Crippen molar-refractivity contribution in [2.75, 3.05) is 5.32 Å². The van der Waals surface area contributed by atoms with Crippen LogP contribution in [0, 0.1) is 5.92 Å². The van der Waals surface area contributed by atoms with Gasteiger partial charge in [0.2, 0.25) is 5.91 Å². The summed E-state index contributed by atoms with van der Waals surface area (Å²) in [5, 5.41) is 9.17. The third-order valence-electron chi connectivity index (χ3n) is 4.55. The fourth-order valence-corrected chi connectivity index (χ4v) is 3.13. The number of nitrogens with one attached hydrogen (secondary N) is 2. The number of amides is 2. The maximum atomic E-state index is 13.6. The lowest BCUT2D eigenvalue weighted by atomic mass is 10.0. The molecule has 0 radical (unpaired) electrons. The highest BCUT2D eigenvalue weighted by molar-refractivity contribution is 5.96. The van der Waals surface area contributed by atoms with Crippen molar-refractivity contribution in [3.63, 3.8) is 0 Å². The SMILES string of the molecule is C[C@@H]1/C=C/C[C@@H](NC(=O)OC(C)(C)C)c2cc(ccn2)-c2c(cnn2C(F)F)NC1=O. The van der Waals surface area contributed by atoms with Crippen molar-refractivity contribution >= 4 is 17.7 Å². The van der Waals surface area contributed by atoms with E-state index >= 15 is 0 Å². The molecule has 2 N–H and O–H groups in total. The number of hydrogen-bond acceptors (Lipinski definition) is 5. The van der Waals surface area contributed by atoms with Gasteiger partial charge in [-0.25, -0.2) is 9.48 Å². The van der Waals surface area contributed by atoms with Crippen molar-refractivity contribution in [1.29, 1.82) is 0 Å². The fraction of sp³-hybridized carbons (Fsp3) is 0.429. The Balaban J connectivity index is 2.07. The molecule has 2 aromatic heterocycles. The number of carbonyl (C=O) groups is 2. The summed E-state index contributed by atoms with van der Waals surface area (Å²) in [5.74, 6) is -0.895. The van der Waals surface area contributed by atoms with Gasteiger partial charge in [0.25, 0.3) is 0 Å². The van der Waals surface area contributed by atoms with Crippen LogP contribution in [0.15, 0.2) is 36.7 Å². The molecule has 0 aromatic carbocycles. The minimum Gasteiger partial charge on any atom is -0.444 e. The number of pyridine rings is 1. The number of alkyl halides is 2. The first-order valence-electron chi connectivity index (χ1n) is 9.84. The van der Waals surface area contributed by atoms with Gasteiger partial charge in [-0.15, -0.1) is 0 Å². The van der Waals surface area contributed by atoms with Crippen LogP contribution >= 0.6 is 0 Å². The minimum atomic E-state index is -2.90. The molecule has 0 fully saturated rings. The highest BCUT2D eigenvalue weighted by atomic mass is 19.3. The average Bonchev–Trinajstić information content (AvgIpc) is 3.08. The Bertz CT molecular complexity index is 997. The molecule has 3 heterocycles. The fourth-order valence-electron chi connectivity index (χ4n) is 3.13. The predicted octanol–water partition coefficient (Wildman–Crippen LogP) is 4.44. The van der Waals surface area contributed by atoms with Crippen molar-refractivity contribution in [2.45, 2.75) is 52.3 Å². The molecular formula is C21H25F2N5O3. The van der Waals surface area contributed by atoms with Crippen LogP contribution in [0.2, 0.25) is 0 Å². The topological polar surface area (TPSA) is 98.1 Å².